The van der Waals surface area contributed by atoms with Crippen molar-refractivity contribution in [1.29, 1.82) is 0 Å². The van der Waals surface area contributed by atoms with E-state index >= 15 is 0 Å². The molecule has 2 atom stereocenters. The SMILES string of the molecule is COc1ccc(S(=O)(=O)N(CCO)CCO[C@H]2C[C@@H](c3cn(C(C)=O)c4ccccc34)C=C(C(=O)NCCCN3CCCC3=O)O2)cc1. The largest absolute Gasteiger partial charge is 0.497 e. The molecule has 1 aromatic heterocycles. The fourth-order valence-electron chi connectivity index (χ4n) is 6.04. The van der Waals surface area contributed by atoms with Crippen molar-refractivity contribution in [1.82, 2.24) is 19.1 Å². The van der Waals surface area contributed by atoms with Gasteiger partial charge in [0.05, 0.1) is 30.7 Å². The molecule has 2 amide bonds. The number of fused-ring (bicyclic) bond motifs is 1. The maximum absolute atomic E-state index is 13.4. The Morgan fingerprint density at radius 3 is 2.58 bits per heavy atom. The van der Waals surface area contributed by atoms with Crippen LogP contribution in [0.4, 0.5) is 0 Å². The van der Waals surface area contributed by atoms with Crippen LogP contribution < -0.4 is 10.1 Å². The molecule has 2 aliphatic rings. The van der Waals surface area contributed by atoms with Crippen molar-refractivity contribution >= 4 is 38.6 Å². The molecule has 5 rings (SSSR count). The Kier molecular flexibility index (Phi) is 11.5. The van der Waals surface area contributed by atoms with E-state index in [0.29, 0.717) is 38.1 Å². The lowest BCUT2D eigenvalue weighted by Gasteiger charge is -2.30. The minimum absolute atomic E-state index is 0.0450. The summed E-state index contributed by atoms with van der Waals surface area (Å²) in [6.07, 6.45) is 4.86. The lowest BCUT2D eigenvalue weighted by molar-refractivity contribution is -0.146. The summed E-state index contributed by atoms with van der Waals surface area (Å²) in [6, 6.07) is 13.5. The highest BCUT2D eigenvalue weighted by Crippen LogP contribution is 2.36. The molecule has 2 aliphatic heterocycles. The summed E-state index contributed by atoms with van der Waals surface area (Å²) < 4.78 is 46.6. The van der Waals surface area contributed by atoms with Gasteiger partial charge in [-0.25, -0.2) is 8.42 Å². The molecular weight excluding hydrogens is 640 g/mol. The number of ether oxygens (including phenoxy) is 3. The highest BCUT2D eigenvalue weighted by atomic mass is 32.2. The first-order chi connectivity index (χ1) is 23.1. The number of aromatic nitrogens is 1. The average molecular weight is 683 g/mol. The average Bonchev–Trinajstić information content (AvgIpc) is 3.69. The topological polar surface area (TPSA) is 157 Å². The molecule has 3 heterocycles. The smallest absolute Gasteiger partial charge is 0.286 e. The molecule has 1 fully saturated rings. The number of rotatable bonds is 15. The molecule has 2 N–H and O–H groups in total. The maximum Gasteiger partial charge on any atom is 0.286 e. The van der Waals surface area contributed by atoms with Gasteiger partial charge in [-0.15, -0.1) is 0 Å². The van der Waals surface area contributed by atoms with Crippen LogP contribution >= 0.6 is 0 Å². The van der Waals surface area contributed by atoms with Crippen molar-refractivity contribution < 1.29 is 42.1 Å². The Morgan fingerprint density at radius 2 is 1.90 bits per heavy atom. The third-order valence-electron chi connectivity index (χ3n) is 8.52. The number of likely N-dealkylation sites (tertiary alicyclic amines) is 1. The number of para-hydroxylation sites is 1. The number of sulfonamides is 1. The van der Waals surface area contributed by atoms with Crippen LogP contribution in [0.1, 0.15) is 48.9 Å². The summed E-state index contributed by atoms with van der Waals surface area (Å²) in [5.74, 6) is -0.282. The zero-order valence-electron chi connectivity index (χ0n) is 27.2. The minimum atomic E-state index is -3.96. The summed E-state index contributed by atoms with van der Waals surface area (Å²) in [7, 11) is -2.47. The van der Waals surface area contributed by atoms with E-state index in [1.807, 2.05) is 24.3 Å². The molecule has 0 aliphatic carbocycles. The summed E-state index contributed by atoms with van der Waals surface area (Å²) in [4.78, 5) is 39.6. The Bertz CT molecular complexity index is 1750. The van der Waals surface area contributed by atoms with Crippen LogP contribution in [-0.2, 0) is 29.1 Å². The molecule has 2 aromatic carbocycles. The van der Waals surface area contributed by atoms with E-state index in [0.717, 1.165) is 33.7 Å². The number of hydrogen-bond acceptors (Lipinski definition) is 9. The second-order valence-corrected chi connectivity index (χ2v) is 13.6. The first-order valence-electron chi connectivity index (χ1n) is 16.0. The van der Waals surface area contributed by atoms with Gasteiger partial charge in [-0.05, 0) is 54.8 Å². The first kappa shape index (κ1) is 35.1. The minimum Gasteiger partial charge on any atom is -0.497 e. The third-order valence-corrected chi connectivity index (χ3v) is 10.4. The Balaban J connectivity index is 1.31. The molecule has 14 heteroatoms. The summed E-state index contributed by atoms with van der Waals surface area (Å²) in [6.45, 7) is 2.40. The molecule has 0 unspecified atom stereocenters. The van der Waals surface area contributed by atoms with Gasteiger partial charge in [0.1, 0.15) is 5.75 Å². The highest BCUT2D eigenvalue weighted by Gasteiger charge is 2.32. The van der Waals surface area contributed by atoms with E-state index in [1.54, 1.807) is 33.9 Å². The molecule has 0 spiro atoms. The molecule has 48 heavy (non-hydrogen) atoms. The number of allylic oxidation sites excluding steroid dienone is 1. The number of aliphatic hydroxyl groups excluding tert-OH is 1. The summed E-state index contributed by atoms with van der Waals surface area (Å²) in [5.41, 5.74) is 1.56. The quantitative estimate of drug-likeness (QED) is 0.230. The number of carbonyl (C=O) groups excluding carboxylic acids is 3. The Morgan fingerprint density at radius 1 is 1.12 bits per heavy atom. The van der Waals surface area contributed by atoms with Crippen LogP contribution in [0, 0.1) is 0 Å². The van der Waals surface area contributed by atoms with Gasteiger partial charge in [-0.3, -0.25) is 19.0 Å². The number of nitrogens with zero attached hydrogens (tertiary/aromatic N) is 3. The van der Waals surface area contributed by atoms with E-state index in [2.05, 4.69) is 5.32 Å². The van der Waals surface area contributed by atoms with Gasteiger partial charge >= 0.3 is 0 Å². The molecule has 0 radical (unpaired) electrons. The summed E-state index contributed by atoms with van der Waals surface area (Å²) in [5, 5.41) is 13.4. The van der Waals surface area contributed by atoms with Crippen LogP contribution in [0.25, 0.3) is 10.9 Å². The molecular formula is C34H42N4O9S. The number of hydrogen-bond donors (Lipinski definition) is 2. The van der Waals surface area contributed by atoms with Gasteiger partial charge in [0.2, 0.25) is 28.1 Å². The number of carbonyl (C=O) groups is 3. The maximum atomic E-state index is 13.4. The van der Waals surface area contributed by atoms with Gasteiger partial charge < -0.3 is 29.5 Å². The van der Waals surface area contributed by atoms with Gasteiger partial charge in [0.25, 0.3) is 5.91 Å². The Hall–Kier alpha value is -4.24. The fourth-order valence-corrected chi connectivity index (χ4v) is 7.46. The molecule has 3 aromatic rings. The standard InChI is InChI=1S/C34H42N4O9S/c1-24(40)38-23-29(28-7-3-4-8-30(28)38)25-21-31(34(42)35-14-6-16-36-15-5-9-32(36)41)47-33(22-25)46-20-18-37(17-19-39)48(43,44)27-12-10-26(45-2)11-13-27/h3-4,7-8,10-13,21,23,25,33,39H,5-6,9,14-20,22H2,1-2H3,(H,35,42)/t25-,33+/m0/s1. The summed E-state index contributed by atoms with van der Waals surface area (Å²) >= 11 is 0. The van der Waals surface area contributed by atoms with Crippen LogP contribution in [0.2, 0.25) is 0 Å². The van der Waals surface area contributed by atoms with Gasteiger partial charge in [-0.1, -0.05) is 18.2 Å². The van der Waals surface area contributed by atoms with Gasteiger partial charge in [-0.2, -0.15) is 4.31 Å². The number of benzene rings is 2. The van der Waals surface area contributed by atoms with E-state index < -0.39 is 28.8 Å². The zero-order valence-corrected chi connectivity index (χ0v) is 28.0. The fraction of sp³-hybridized carbons (Fsp3) is 0.441. The highest BCUT2D eigenvalue weighted by molar-refractivity contribution is 7.89. The van der Waals surface area contributed by atoms with Crippen LogP contribution in [0.15, 0.2) is 71.5 Å². The van der Waals surface area contributed by atoms with Crippen molar-refractivity contribution in [3.8, 4) is 5.75 Å². The number of amides is 2. The van der Waals surface area contributed by atoms with Crippen molar-refractivity contribution in [2.24, 2.45) is 0 Å². The van der Waals surface area contributed by atoms with E-state index in [9.17, 15) is 27.9 Å². The van der Waals surface area contributed by atoms with E-state index in [-0.39, 0.29) is 48.1 Å². The normalized spacial score (nSPS) is 18.2. The van der Waals surface area contributed by atoms with Gasteiger partial charge in [0, 0.05) is 70.0 Å². The first-order valence-corrected chi connectivity index (χ1v) is 17.5. The predicted octanol–water partition coefficient (Wildman–Crippen LogP) is 2.85. The molecule has 0 bridgehead atoms. The number of aliphatic hydroxyl groups is 1. The van der Waals surface area contributed by atoms with Crippen molar-refractivity contribution in [3.63, 3.8) is 0 Å². The monoisotopic (exact) mass is 682 g/mol. The number of methoxy groups -OCH3 is 1. The predicted molar refractivity (Wildman–Crippen MR) is 177 cm³/mol. The lowest BCUT2D eigenvalue weighted by Crippen LogP contribution is -2.38. The van der Waals surface area contributed by atoms with Gasteiger partial charge in [0.15, 0.2) is 5.76 Å². The van der Waals surface area contributed by atoms with Crippen molar-refractivity contribution in [2.45, 2.75) is 49.7 Å². The zero-order chi connectivity index (χ0) is 34.3. The second kappa shape index (κ2) is 15.8. The van der Waals surface area contributed by atoms with Crippen LogP contribution in [0.5, 0.6) is 5.75 Å². The third kappa shape index (κ3) is 8.06. The Labute approximate surface area is 280 Å². The molecule has 1 saturated heterocycles. The van der Waals surface area contributed by atoms with E-state index in [1.165, 1.54) is 26.2 Å². The molecule has 258 valence electrons. The number of nitrogens with one attached hydrogen (secondary N) is 1. The van der Waals surface area contributed by atoms with Crippen LogP contribution in [-0.4, -0.2) is 104 Å². The van der Waals surface area contributed by atoms with Crippen molar-refractivity contribution in [2.75, 3.05) is 53.0 Å². The molecule has 0 saturated carbocycles. The van der Waals surface area contributed by atoms with Crippen molar-refractivity contribution in [3.05, 3.63) is 72.1 Å². The molecule has 13 nitrogen and oxygen atoms in total. The lowest BCUT2D eigenvalue weighted by atomic mass is 9.92. The van der Waals surface area contributed by atoms with E-state index in [4.69, 9.17) is 14.2 Å². The second-order valence-electron chi connectivity index (χ2n) is 11.7. The van der Waals surface area contributed by atoms with Crippen LogP contribution in [0.3, 0.4) is 0 Å².